The third kappa shape index (κ3) is 5.42. The molecule has 1 amide bonds. The van der Waals surface area contributed by atoms with Crippen LogP contribution in [0.15, 0.2) is 0 Å². The lowest BCUT2D eigenvalue weighted by molar-refractivity contribution is -0.133. The molecule has 15 heavy (non-hydrogen) atoms. The predicted molar refractivity (Wildman–Crippen MR) is 68.1 cm³/mol. The second-order valence-corrected chi connectivity index (χ2v) is 4.96. The van der Waals surface area contributed by atoms with Crippen LogP contribution in [0.4, 0.5) is 0 Å². The van der Waals surface area contributed by atoms with E-state index in [4.69, 9.17) is 5.73 Å². The number of hydrogen-bond acceptors (Lipinski definition) is 3. The average molecular weight is 232 g/mol. The fraction of sp³-hybridized carbons (Fsp3) is 0.909. The first-order chi connectivity index (χ1) is 7.04. The lowest BCUT2D eigenvalue weighted by Gasteiger charge is -2.27. The van der Waals surface area contributed by atoms with Gasteiger partial charge in [0.15, 0.2) is 0 Å². The Balaban J connectivity index is 4.05. The summed E-state index contributed by atoms with van der Waals surface area (Å²) in [6.07, 6.45) is 4.85. The fourth-order valence-electron chi connectivity index (χ4n) is 1.40. The third-order valence-electron chi connectivity index (χ3n) is 2.67. The molecule has 0 aliphatic carbocycles. The van der Waals surface area contributed by atoms with Crippen LogP contribution in [-0.2, 0) is 4.79 Å². The minimum atomic E-state index is -0.322. The molecule has 2 atom stereocenters. The number of carbonyl (C=O) groups is 1. The SMILES string of the molecule is CCC[C@@H](N)C(=O)N(C)C(C)CCSC. The van der Waals surface area contributed by atoms with Gasteiger partial charge in [0.05, 0.1) is 6.04 Å². The second kappa shape index (κ2) is 7.99. The largest absolute Gasteiger partial charge is 0.342 e. The molecule has 2 N–H and O–H groups in total. The maximum atomic E-state index is 11.8. The molecular weight excluding hydrogens is 208 g/mol. The van der Waals surface area contributed by atoms with Gasteiger partial charge in [-0.05, 0) is 31.8 Å². The fourth-order valence-corrected chi connectivity index (χ4v) is 1.97. The lowest BCUT2D eigenvalue weighted by Crippen LogP contribution is -2.45. The monoisotopic (exact) mass is 232 g/mol. The summed E-state index contributed by atoms with van der Waals surface area (Å²) in [5.41, 5.74) is 5.80. The number of thioether (sulfide) groups is 1. The van der Waals surface area contributed by atoms with Crippen molar-refractivity contribution in [1.29, 1.82) is 0 Å². The average Bonchev–Trinajstić information content (AvgIpc) is 2.24. The minimum Gasteiger partial charge on any atom is -0.342 e. The Labute approximate surface area is 97.8 Å². The number of carbonyl (C=O) groups excluding carboxylic acids is 1. The zero-order chi connectivity index (χ0) is 11.8. The molecule has 0 aromatic carbocycles. The highest BCUT2D eigenvalue weighted by Gasteiger charge is 2.20. The summed E-state index contributed by atoms with van der Waals surface area (Å²) >= 11 is 1.81. The van der Waals surface area contributed by atoms with Gasteiger partial charge in [0, 0.05) is 13.1 Å². The summed E-state index contributed by atoms with van der Waals surface area (Å²) in [5.74, 6) is 1.16. The Hall–Kier alpha value is -0.220. The van der Waals surface area contributed by atoms with Gasteiger partial charge in [-0.15, -0.1) is 0 Å². The molecule has 1 unspecified atom stereocenters. The molecule has 0 spiro atoms. The predicted octanol–water partition coefficient (Wildman–Crippen LogP) is 1.71. The highest BCUT2D eigenvalue weighted by atomic mass is 32.2. The van der Waals surface area contributed by atoms with Crippen molar-refractivity contribution >= 4 is 17.7 Å². The molecule has 0 aliphatic rings. The minimum absolute atomic E-state index is 0.0745. The summed E-state index contributed by atoms with van der Waals surface area (Å²) < 4.78 is 0. The molecule has 0 bridgehead atoms. The topological polar surface area (TPSA) is 46.3 Å². The summed E-state index contributed by atoms with van der Waals surface area (Å²) in [6.45, 7) is 4.12. The van der Waals surface area contributed by atoms with Gasteiger partial charge >= 0.3 is 0 Å². The highest BCUT2D eigenvalue weighted by molar-refractivity contribution is 7.98. The van der Waals surface area contributed by atoms with Crippen molar-refractivity contribution < 1.29 is 4.79 Å². The lowest BCUT2D eigenvalue weighted by atomic mass is 10.1. The van der Waals surface area contributed by atoms with E-state index in [1.54, 1.807) is 4.90 Å². The zero-order valence-electron chi connectivity index (χ0n) is 10.3. The molecule has 0 saturated carbocycles. The van der Waals surface area contributed by atoms with Crippen molar-refractivity contribution in [2.24, 2.45) is 5.73 Å². The molecule has 0 fully saturated rings. The van der Waals surface area contributed by atoms with E-state index in [0.29, 0.717) is 0 Å². The van der Waals surface area contributed by atoms with Gasteiger partial charge in [0.25, 0.3) is 0 Å². The molecule has 3 nitrogen and oxygen atoms in total. The van der Waals surface area contributed by atoms with Gasteiger partial charge in [-0.2, -0.15) is 11.8 Å². The summed E-state index contributed by atoms with van der Waals surface area (Å²) in [6, 6.07) is -0.0374. The van der Waals surface area contributed by atoms with Crippen molar-refractivity contribution in [3.8, 4) is 0 Å². The maximum absolute atomic E-state index is 11.8. The normalized spacial score (nSPS) is 14.7. The van der Waals surface area contributed by atoms with Crippen molar-refractivity contribution in [2.45, 2.75) is 45.2 Å². The Kier molecular flexibility index (Phi) is 7.88. The van der Waals surface area contributed by atoms with E-state index in [9.17, 15) is 4.79 Å². The molecule has 0 radical (unpaired) electrons. The van der Waals surface area contributed by atoms with Crippen molar-refractivity contribution in [3.05, 3.63) is 0 Å². The van der Waals surface area contributed by atoms with Crippen LogP contribution in [0.2, 0.25) is 0 Å². The molecule has 0 aromatic heterocycles. The molecule has 0 aromatic rings. The first-order valence-corrected chi connectivity index (χ1v) is 6.95. The van der Waals surface area contributed by atoms with Gasteiger partial charge in [-0.3, -0.25) is 4.79 Å². The standard InChI is InChI=1S/C11H24N2OS/c1-5-6-10(12)11(14)13(3)9(2)7-8-15-4/h9-10H,5-8,12H2,1-4H3/t9?,10-/m1/s1. The van der Waals surface area contributed by atoms with Crippen LogP contribution in [0.25, 0.3) is 0 Å². The van der Waals surface area contributed by atoms with E-state index >= 15 is 0 Å². The molecule has 0 heterocycles. The third-order valence-corrected chi connectivity index (χ3v) is 3.31. The summed E-state index contributed by atoms with van der Waals surface area (Å²) in [5, 5.41) is 0. The van der Waals surface area contributed by atoms with Crippen LogP contribution >= 0.6 is 11.8 Å². The van der Waals surface area contributed by atoms with Crippen LogP contribution in [-0.4, -0.2) is 41.9 Å². The smallest absolute Gasteiger partial charge is 0.239 e. The molecule has 0 aliphatic heterocycles. The van der Waals surface area contributed by atoms with Crippen molar-refractivity contribution in [3.63, 3.8) is 0 Å². The van der Waals surface area contributed by atoms with Gasteiger partial charge in [-0.25, -0.2) is 0 Å². The van der Waals surface area contributed by atoms with Crippen LogP contribution in [0.3, 0.4) is 0 Å². The Morgan fingerprint density at radius 2 is 2.07 bits per heavy atom. The zero-order valence-corrected chi connectivity index (χ0v) is 11.1. The van der Waals surface area contributed by atoms with Gasteiger partial charge in [0.2, 0.25) is 5.91 Å². The van der Waals surface area contributed by atoms with Crippen LogP contribution in [0.5, 0.6) is 0 Å². The molecule has 0 rings (SSSR count). The Morgan fingerprint density at radius 1 is 1.47 bits per heavy atom. The van der Waals surface area contributed by atoms with E-state index in [0.717, 1.165) is 25.0 Å². The number of amides is 1. The first kappa shape index (κ1) is 14.8. The quantitative estimate of drug-likeness (QED) is 0.727. The number of nitrogens with two attached hydrogens (primary N) is 1. The van der Waals surface area contributed by atoms with Gasteiger partial charge in [0.1, 0.15) is 0 Å². The van der Waals surface area contributed by atoms with Crippen LogP contribution in [0.1, 0.15) is 33.1 Å². The highest BCUT2D eigenvalue weighted by Crippen LogP contribution is 2.08. The van der Waals surface area contributed by atoms with Crippen LogP contribution < -0.4 is 5.73 Å². The summed E-state index contributed by atoms with van der Waals surface area (Å²) in [7, 11) is 1.85. The van der Waals surface area contributed by atoms with Gasteiger partial charge in [-0.1, -0.05) is 13.3 Å². The molecule has 0 saturated heterocycles. The molecular formula is C11H24N2OS. The van der Waals surface area contributed by atoms with Crippen LogP contribution in [0, 0.1) is 0 Å². The number of nitrogens with zero attached hydrogens (tertiary/aromatic N) is 1. The summed E-state index contributed by atoms with van der Waals surface area (Å²) in [4.78, 5) is 13.6. The number of rotatable bonds is 7. The van der Waals surface area contributed by atoms with E-state index in [2.05, 4.69) is 13.2 Å². The second-order valence-electron chi connectivity index (χ2n) is 3.97. The van der Waals surface area contributed by atoms with Crippen molar-refractivity contribution in [1.82, 2.24) is 4.90 Å². The molecule has 4 heteroatoms. The van der Waals surface area contributed by atoms with E-state index in [1.165, 1.54) is 0 Å². The number of likely N-dealkylation sites (N-methyl/N-ethyl adjacent to an activating group) is 1. The number of hydrogen-bond donors (Lipinski definition) is 1. The van der Waals surface area contributed by atoms with Crippen molar-refractivity contribution in [2.75, 3.05) is 19.1 Å². The Morgan fingerprint density at radius 3 is 2.53 bits per heavy atom. The van der Waals surface area contributed by atoms with E-state index in [1.807, 2.05) is 25.7 Å². The van der Waals surface area contributed by atoms with Gasteiger partial charge < -0.3 is 10.6 Å². The molecule has 90 valence electrons. The first-order valence-electron chi connectivity index (χ1n) is 5.55. The maximum Gasteiger partial charge on any atom is 0.239 e. The Bertz CT molecular complexity index is 187. The van der Waals surface area contributed by atoms with E-state index in [-0.39, 0.29) is 18.0 Å². The van der Waals surface area contributed by atoms with E-state index < -0.39 is 0 Å².